The summed E-state index contributed by atoms with van der Waals surface area (Å²) in [6.07, 6.45) is 94.2. The van der Waals surface area contributed by atoms with Gasteiger partial charge in [0, 0.05) is 19.3 Å². The normalized spacial score (nSPS) is 13.2. The maximum absolute atomic E-state index is 12.8. The Morgan fingerprint density at radius 1 is 0.269 bits per heavy atom. The lowest BCUT2D eigenvalue weighted by Crippen LogP contribution is -2.30. The maximum atomic E-state index is 12.8. The Hall–Kier alpha value is -4.97. The van der Waals surface area contributed by atoms with Gasteiger partial charge < -0.3 is 14.2 Å². The molecule has 0 N–H and O–H groups in total. The van der Waals surface area contributed by atoms with Crippen LogP contribution >= 0.6 is 0 Å². The summed E-state index contributed by atoms with van der Waals surface area (Å²) in [5.74, 6) is -0.936. The van der Waals surface area contributed by atoms with Crippen LogP contribution in [0.1, 0.15) is 258 Å². The lowest BCUT2D eigenvalue weighted by atomic mass is 10.1. The second kappa shape index (κ2) is 64.6. The smallest absolute Gasteiger partial charge is 0.306 e. The third kappa shape index (κ3) is 61.9. The average molecular weight is 1080 g/mol. The maximum Gasteiger partial charge on any atom is 0.306 e. The van der Waals surface area contributed by atoms with E-state index in [2.05, 4.69) is 179 Å². The Labute approximate surface area is 480 Å². The molecule has 6 nitrogen and oxygen atoms in total. The van der Waals surface area contributed by atoms with Crippen LogP contribution in [0.4, 0.5) is 0 Å². The third-order valence-corrected chi connectivity index (χ3v) is 12.8. The van der Waals surface area contributed by atoms with Gasteiger partial charge in [0.25, 0.3) is 0 Å². The first-order valence-electron chi connectivity index (χ1n) is 31.5. The van der Waals surface area contributed by atoms with E-state index in [9.17, 15) is 14.4 Å². The van der Waals surface area contributed by atoms with E-state index in [1.54, 1.807) is 0 Å². The molecular formula is C72H114O6. The van der Waals surface area contributed by atoms with E-state index in [0.29, 0.717) is 19.3 Å². The Balaban J connectivity index is 4.18. The molecule has 0 aromatic carbocycles. The van der Waals surface area contributed by atoms with Crippen LogP contribution in [0.25, 0.3) is 0 Å². The highest BCUT2D eigenvalue weighted by molar-refractivity contribution is 5.71. The van der Waals surface area contributed by atoms with Gasteiger partial charge in [0.05, 0.1) is 0 Å². The molecule has 0 saturated heterocycles. The van der Waals surface area contributed by atoms with E-state index in [1.165, 1.54) is 51.4 Å². The fourth-order valence-electron chi connectivity index (χ4n) is 8.13. The van der Waals surface area contributed by atoms with Crippen molar-refractivity contribution in [3.63, 3.8) is 0 Å². The van der Waals surface area contributed by atoms with Crippen molar-refractivity contribution < 1.29 is 28.6 Å². The summed E-state index contributed by atoms with van der Waals surface area (Å²) in [5, 5.41) is 0. The summed E-state index contributed by atoms with van der Waals surface area (Å²) in [5.41, 5.74) is 0. The van der Waals surface area contributed by atoms with Gasteiger partial charge in [-0.2, -0.15) is 0 Å². The Morgan fingerprint density at radius 2 is 0.500 bits per heavy atom. The fourth-order valence-corrected chi connectivity index (χ4v) is 8.13. The second-order valence-electron chi connectivity index (χ2n) is 20.2. The van der Waals surface area contributed by atoms with Gasteiger partial charge in [-0.1, -0.05) is 269 Å². The largest absolute Gasteiger partial charge is 0.462 e. The lowest BCUT2D eigenvalue weighted by Gasteiger charge is -2.18. The first-order chi connectivity index (χ1) is 38.5. The van der Waals surface area contributed by atoms with Crippen molar-refractivity contribution in [3.05, 3.63) is 158 Å². The van der Waals surface area contributed by atoms with Crippen LogP contribution in [-0.2, 0) is 28.6 Å². The number of unbranched alkanes of at least 4 members (excludes halogenated alkanes) is 18. The zero-order valence-corrected chi connectivity index (χ0v) is 50.1. The molecule has 0 saturated carbocycles. The van der Waals surface area contributed by atoms with Gasteiger partial charge in [-0.3, -0.25) is 14.4 Å². The SMILES string of the molecule is CC/C=C\C/C=C\C/C=C\C/C=C\C/C=C\C/C=C\C/C=C\C/C=C\CCCCCCCCCCC(=O)OCC(COC(=O)CCCCCCCC)OC(=O)CCCCCCC/C=C\C/C=C\C/C=C\C/C=C\C/C=C\CC. The van der Waals surface area contributed by atoms with E-state index in [1.807, 2.05) is 0 Å². The highest BCUT2D eigenvalue weighted by atomic mass is 16.6. The van der Waals surface area contributed by atoms with Crippen LogP contribution < -0.4 is 0 Å². The molecule has 6 heteroatoms. The minimum atomic E-state index is -0.796. The molecule has 0 aliphatic heterocycles. The molecule has 1 atom stereocenters. The lowest BCUT2D eigenvalue weighted by molar-refractivity contribution is -0.167. The highest BCUT2D eigenvalue weighted by Crippen LogP contribution is 2.14. The van der Waals surface area contributed by atoms with Gasteiger partial charge in [-0.25, -0.2) is 0 Å². The topological polar surface area (TPSA) is 78.9 Å². The molecule has 0 bridgehead atoms. The molecule has 0 aromatic rings. The number of allylic oxidation sites excluding steroid dienone is 26. The van der Waals surface area contributed by atoms with Crippen LogP contribution in [0.5, 0.6) is 0 Å². The third-order valence-electron chi connectivity index (χ3n) is 12.8. The quantitative estimate of drug-likeness (QED) is 0.0261. The zero-order chi connectivity index (χ0) is 56.4. The predicted molar refractivity (Wildman–Crippen MR) is 338 cm³/mol. The Bertz CT molecular complexity index is 1760. The molecule has 0 amide bonds. The molecule has 1 unspecified atom stereocenters. The summed E-state index contributed by atoms with van der Waals surface area (Å²) in [6, 6.07) is 0. The molecular weight excluding hydrogens is 961 g/mol. The van der Waals surface area contributed by atoms with Crippen molar-refractivity contribution >= 4 is 17.9 Å². The van der Waals surface area contributed by atoms with Crippen molar-refractivity contribution in [1.29, 1.82) is 0 Å². The molecule has 0 spiro atoms. The van der Waals surface area contributed by atoms with Crippen LogP contribution in [0.15, 0.2) is 158 Å². The molecule has 438 valence electrons. The summed E-state index contributed by atoms with van der Waals surface area (Å²) in [4.78, 5) is 38.0. The van der Waals surface area contributed by atoms with E-state index < -0.39 is 6.10 Å². The minimum Gasteiger partial charge on any atom is -0.462 e. The Morgan fingerprint density at radius 3 is 0.782 bits per heavy atom. The van der Waals surface area contributed by atoms with E-state index in [4.69, 9.17) is 14.2 Å². The molecule has 0 rings (SSSR count). The van der Waals surface area contributed by atoms with Crippen LogP contribution in [0, 0.1) is 0 Å². The van der Waals surface area contributed by atoms with Crippen molar-refractivity contribution in [2.75, 3.05) is 13.2 Å². The van der Waals surface area contributed by atoms with Gasteiger partial charge in [0.15, 0.2) is 6.10 Å². The van der Waals surface area contributed by atoms with Crippen LogP contribution in [0.2, 0.25) is 0 Å². The van der Waals surface area contributed by atoms with Gasteiger partial charge in [0.1, 0.15) is 13.2 Å². The van der Waals surface area contributed by atoms with Crippen molar-refractivity contribution in [3.8, 4) is 0 Å². The average Bonchev–Trinajstić information content (AvgIpc) is 3.44. The van der Waals surface area contributed by atoms with Gasteiger partial charge in [-0.05, 0) is 128 Å². The summed E-state index contributed by atoms with van der Waals surface area (Å²) in [7, 11) is 0. The van der Waals surface area contributed by atoms with Crippen LogP contribution in [-0.4, -0.2) is 37.2 Å². The Kier molecular flexibility index (Phi) is 60.4. The fraction of sp³-hybridized carbons (Fsp3) is 0.597. The first kappa shape index (κ1) is 73.0. The number of esters is 3. The standard InChI is InChI=1S/C72H114O6/c1-4-7-10-13-16-18-20-22-24-26-28-30-31-32-33-34-35-36-37-38-39-40-41-43-44-46-48-50-52-54-56-59-62-65-71(74)77-68-69(67-76-70(73)64-61-58-15-12-9-6-3)78-72(75)66-63-60-57-55-53-51-49-47-45-42-29-27-25-23-21-19-17-14-11-8-5-2/h7-8,10-11,16-19,22-25,28-30,32-33,35-36,38-39,41-43,47,49,69H,4-6,9,12-15,20-21,26-27,31,34,37,40,44-46,48,50-68H2,1-3H3/b10-7-,11-8-,18-16-,19-17-,24-22-,25-23-,30-28-,33-32-,36-35-,39-38-,42-29-,43-41-,49-47-. The molecule has 0 aliphatic rings. The number of ether oxygens (including phenoxy) is 3. The zero-order valence-electron chi connectivity index (χ0n) is 50.1. The van der Waals surface area contributed by atoms with E-state index in [-0.39, 0.29) is 31.1 Å². The summed E-state index contributed by atoms with van der Waals surface area (Å²) >= 11 is 0. The molecule has 0 aromatic heterocycles. The van der Waals surface area contributed by atoms with Crippen molar-refractivity contribution in [2.45, 2.75) is 264 Å². The molecule has 0 aliphatic carbocycles. The number of carbonyl (C=O) groups excluding carboxylic acids is 3. The first-order valence-corrected chi connectivity index (χ1v) is 31.5. The number of hydrogen-bond donors (Lipinski definition) is 0. The number of hydrogen-bond acceptors (Lipinski definition) is 6. The van der Waals surface area contributed by atoms with Gasteiger partial charge in [0.2, 0.25) is 0 Å². The van der Waals surface area contributed by atoms with Crippen molar-refractivity contribution in [1.82, 2.24) is 0 Å². The monoisotopic (exact) mass is 1070 g/mol. The molecule has 0 heterocycles. The van der Waals surface area contributed by atoms with Crippen molar-refractivity contribution in [2.24, 2.45) is 0 Å². The summed E-state index contributed by atoms with van der Waals surface area (Å²) < 4.78 is 16.8. The van der Waals surface area contributed by atoms with Crippen LogP contribution in [0.3, 0.4) is 0 Å². The van der Waals surface area contributed by atoms with E-state index >= 15 is 0 Å². The number of carbonyl (C=O) groups is 3. The highest BCUT2D eigenvalue weighted by Gasteiger charge is 2.19. The predicted octanol–water partition coefficient (Wildman–Crippen LogP) is 21.7. The second-order valence-corrected chi connectivity index (χ2v) is 20.2. The molecule has 0 radical (unpaired) electrons. The number of rotatable bonds is 55. The summed E-state index contributed by atoms with van der Waals surface area (Å²) in [6.45, 7) is 6.32. The molecule has 0 fully saturated rings. The van der Waals surface area contributed by atoms with Gasteiger partial charge >= 0.3 is 17.9 Å². The van der Waals surface area contributed by atoms with E-state index in [0.717, 1.165) is 167 Å². The van der Waals surface area contributed by atoms with Gasteiger partial charge in [-0.15, -0.1) is 0 Å². The minimum absolute atomic E-state index is 0.0938. The molecule has 78 heavy (non-hydrogen) atoms.